The van der Waals surface area contributed by atoms with Crippen molar-refractivity contribution in [2.24, 2.45) is 0 Å². The Bertz CT molecular complexity index is 1630. The summed E-state index contributed by atoms with van der Waals surface area (Å²) in [4.78, 5) is 13.3. The van der Waals surface area contributed by atoms with E-state index >= 15 is 0 Å². The van der Waals surface area contributed by atoms with Crippen LogP contribution in [0.15, 0.2) is 48.6 Å². The molecule has 460 valence electrons. The number of carbonyl (C=O) groups is 1. The van der Waals surface area contributed by atoms with E-state index in [4.69, 9.17) is 28.4 Å². The molecule has 0 aliphatic carbocycles. The maximum atomic E-state index is 13.3. The second-order valence-electron chi connectivity index (χ2n) is 21.8. The van der Waals surface area contributed by atoms with Crippen LogP contribution in [0.2, 0.25) is 0 Å². The van der Waals surface area contributed by atoms with Crippen LogP contribution in [0.3, 0.4) is 0 Å². The second-order valence-corrected chi connectivity index (χ2v) is 21.8. The van der Waals surface area contributed by atoms with Crippen LogP contribution in [0.1, 0.15) is 194 Å². The van der Waals surface area contributed by atoms with Gasteiger partial charge in [0.1, 0.15) is 73.2 Å². The number of carbonyl (C=O) groups excluding carboxylic acids is 1. The highest BCUT2D eigenvalue weighted by molar-refractivity contribution is 5.76. The van der Waals surface area contributed by atoms with Gasteiger partial charge in [0.2, 0.25) is 5.91 Å². The topological polar surface area (TPSA) is 307 Å². The third-order valence-corrected chi connectivity index (χ3v) is 15.2. The molecule has 0 saturated carbocycles. The summed E-state index contributed by atoms with van der Waals surface area (Å²) in [5, 5.41) is 120. The summed E-state index contributed by atoms with van der Waals surface area (Å²) in [6.45, 7) is 1.63. The third kappa shape index (κ3) is 27.3. The molecular weight excluding hydrogens is 1020 g/mol. The maximum Gasteiger partial charge on any atom is 0.220 e. The number of hydrogen-bond donors (Lipinski definition) is 12. The highest BCUT2D eigenvalue weighted by atomic mass is 16.8. The van der Waals surface area contributed by atoms with Crippen molar-refractivity contribution in [2.45, 2.75) is 298 Å². The van der Waals surface area contributed by atoms with Crippen LogP contribution in [-0.2, 0) is 33.2 Å². The smallest absolute Gasteiger partial charge is 0.220 e. The molecule has 19 heteroatoms. The van der Waals surface area contributed by atoms with Crippen LogP contribution in [0.5, 0.6) is 0 Å². The fourth-order valence-electron chi connectivity index (χ4n) is 10.2. The third-order valence-electron chi connectivity index (χ3n) is 15.2. The monoisotopic (exact) mass is 1130 g/mol. The highest BCUT2D eigenvalue weighted by Gasteiger charge is 2.53. The normalized spacial score (nSPS) is 30.6. The quantitative estimate of drug-likeness (QED) is 0.0265. The van der Waals surface area contributed by atoms with Gasteiger partial charge in [-0.15, -0.1) is 0 Å². The van der Waals surface area contributed by atoms with Crippen molar-refractivity contribution in [1.29, 1.82) is 0 Å². The predicted molar refractivity (Wildman–Crippen MR) is 300 cm³/mol. The van der Waals surface area contributed by atoms with Crippen LogP contribution in [0, 0.1) is 0 Å². The summed E-state index contributed by atoms with van der Waals surface area (Å²) in [5.74, 6) is -0.250. The first-order valence-corrected chi connectivity index (χ1v) is 30.4. The van der Waals surface area contributed by atoms with Gasteiger partial charge in [-0.3, -0.25) is 4.79 Å². The lowest BCUT2D eigenvalue weighted by atomic mass is 9.96. The number of rotatable bonds is 44. The van der Waals surface area contributed by atoms with Gasteiger partial charge in [0.25, 0.3) is 0 Å². The Labute approximate surface area is 472 Å². The van der Waals surface area contributed by atoms with Crippen molar-refractivity contribution in [3.8, 4) is 0 Å². The van der Waals surface area contributed by atoms with Crippen molar-refractivity contribution in [3.63, 3.8) is 0 Å². The molecule has 3 aliphatic heterocycles. The van der Waals surface area contributed by atoms with Gasteiger partial charge in [-0.2, -0.15) is 0 Å². The van der Waals surface area contributed by atoms with E-state index < -0.39 is 124 Å². The Balaban J connectivity index is 1.42. The fourth-order valence-corrected chi connectivity index (χ4v) is 10.2. The lowest BCUT2D eigenvalue weighted by Crippen LogP contribution is -2.66. The standard InChI is InChI=1S/C60H107NO18/c1-3-5-7-9-11-13-14-15-16-17-18-19-20-21-22-23-24-25-26-27-28-30-32-34-36-38-48(66)61-43(44(65)37-35-33-31-29-12-10-8-6-4-2)42-74-58-54(72)51(69)56(46(40-63)76-58)79-60-55(73)52(70)57(47(41-64)77-60)78-59-53(71)50(68)49(67)45(39-62)75-59/h5,7,11,13,15-16,18-19,43-47,49-60,62-65,67-73H,3-4,6,8-10,12,14,17,20-42H2,1-2H3,(H,61,66)/b7-5-,13-11-,16-15-,19-18-. The molecule has 3 heterocycles. The number of amides is 1. The molecule has 3 saturated heterocycles. The van der Waals surface area contributed by atoms with E-state index in [2.05, 4.69) is 67.8 Å². The Morgan fingerprint density at radius 2 is 0.873 bits per heavy atom. The molecule has 0 aromatic heterocycles. The SMILES string of the molecule is CC/C=C\C/C=C\C/C=C\C/C=C\CCCCCCCCCCCCCCC(=O)NC(COC1OC(CO)C(OC2OC(CO)C(OC3OC(CO)C(O)C(O)C3O)C(O)C2O)C(O)C1O)C(O)CCCCCCCCCCC. The summed E-state index contributed by atoms with van der Waals surface area (Å²) in [6, 6.07) is -0.887. The van der Waals surface area contributed by atoms with Crippen molar-refractivity contribution in [3.05, 3.63) is 48.6 Å². The van der Waals surface area contributed by atoms with E-state index in [1.54, 1.807) is 0 Å². The molecule has 12 N–H and O–H groups in total. The molecule has 3 rings (SSSR count). The molecule has 17 unspecified atom stereocenters. The van der Waals surface area contributed by atoms with Crippen molar-refractivity contribution in [2.75, 3.05) is 26.4 Å². The van der Waals surface area contributed by atoms with Crippen molar-refractivity contribution in [1.82, 2.24) is 5.32 Å². The van der Waals surface area contributed by atoms with Crippen LogP contribution in [0.4, 0.5) is 0 Å². The molecule has 79 heavy (non-hydrogen) atoms. The lowest BCUT2D eigenvalue weighted by Gasteiger charge is -2.48. The summed E-state index contributed by atoms with van der Waals surface area (Å²) in [6.07, 6.45) is 20.8. The molecule has 17 atom stereocenters. The van der Waals surface area contributed by atoms with Crippen molar-refractivity contribution >= 4 is 5.91 Å². The molecule has 0 spiro atoms. The first-order chi connectivity index (χ1) is 38.3. The van der Waals surface area contributed by atoms with E-state index in [1.165, 1.54) is 83.5 Å². The number of ether oxygens (including phenoxy) is 6. The Morgan fingerprint density at radius 1 is 0.468 bits per heavy atom. The Hall–Kier alpha value is -2.25. The first-order valence-electron chi connectivity index (χ1n) is 30.4. The number of unbranched alkanes of at least 4 members (excludes halogenated alkanes) is 20. The Morgan fingerprint density at radius 3 is 1.37 bits per heavy atom. The van der Waals surface area contributed by atoms with Gasteiger partial charge in [-0.05, 0) is 51.4 Å². The molecule has 0 aromatic rings. The van der Waals surface area contributed by atoms with E-state index in [1.807, 2.05) is 0 Å². The molecular formula is C60H107NO18. The molecule has 0 bridgehead atoms. The van der Waals surface area contributed by atoms with Crippen LogP contribution >= 0.6 is 0 Å². The second kappa shape index (κ2) is 43.4. The average molecular weight is 1130 g/mol. The fraction of sp³-hybridized carbons (Fsp3) is 0.850. The molecule has 1 amide bonds. The minimum absolute atomic E-state index is 0.250. The first kappa shape index (κ1) is 71.0. The van der Waals surface area contributed by atoms with Gasteiger partial charge < -0.3 is 89.9 Å². The molecule has 0 radical (unpaired) electrons. The average Bonchev–Trinajstić information content (AvgIpc) is 3.47. The minimum Gasteiger partial charge on any atom is -0.394 e. The largest absolute Gasteiger partial charge is 0.394 e. The van der Waals surface area contributed by atoms with Crippen molar-refractivity contribution < 1.29 is 89.4 Å². The van der Waals surface area contributed by atoms with E-state index in [0.29, 0.717) is 12.8 Å². The van der Waals surface area contributed by atoms with E-state index in [-0.39, 0.29) is 18.9 Å². The predicted octanol–water partition coefficient (Wildman–Crippen LogP) is 5.48. The summed E-state index contributed by atoms with van der Waals surface area (Å²) < 4.78 is 34.2. The zero-order valence-corrected chi connectivity index (χ0v) is 47.8. The summed E-state index contributed by atoms with van der Waals surface area (Å²) in [7, 11) is 0. The molecule has 3 fully saturated rings. The van der Waals surface area contributed by atoms with Crippen LogP contribution < -0.4 is 5.32 Å². The minimum atomic E-state index is -1.97. The zero-order chi connectivity index (χ0) is 57.6. The summed E-state index contributed by atoms with van der Waals surface area (Å²) >= 11 is 0. The number of allylic oxidation sites excluding steroid dienone is 8. The number of aliphatic hydroxyl groups excluding tert-OH is 11. The number of hydrogen-bond acceptors (Lipinski definition) is 18. The van der Waals surface area contributed by atoms with Gasteiger partial charge in [0.05, 0.1) is 38.6 Å². The van der Waals surface area contributed by atoms with Crippen LogP contribution in [-0.4, -0.2) is 193 Å². The Kier molecular flexibility index (Phi) is 39.0. The number of nitrogens with one attached hydrogen (secondary N) is 1. The molecule has 19 nitrogen and oxygen atoms in total. The van der Waals surface area contributed by atoms with E-state index in [9.17, 15) is 61.0 Å². The number of aliphatic hydroxyl groups is 11. The lowest BCUT2D eigenvalue weighted by molar-refractivity contribution is -0.379. The van der Waals surface area contributed by atoms with Gasteiger partial charge >= 0.3 is 0 Å². The van der Waals surface area contributed by atoms with E-state index in [0.717, 1.165) is 77.0 Å². The van der Waals surface area contributed by atoms with Gasteiger partial charge in [-0.1, -0.05) is 184 Å². The van der Waals surface area contributed by atoms with Gasteiger partial charge in [-0.25, -0.2) is 0 Å². The van der Waals surface area contributed by atoms with Gasteiger partial charge in [0.15, 0.2) is 18.9 Å². The maximum absolute atomic E-state index is 13.3. The molecule has 0 aromatic carbocycles. The zero-order valence-electron chi connectivity index (χ0n) is 47.8. The molecule has 3 aliphatic rings. The van der Waals surface area contributed by atoms with Crippen LogP contribution in [0.25, 0.3) is 0 Å². The van der Waals surface area contributed by atoms with Gasteiger partial charge in [0, 0.05) is 6.42 Å². The summed E-state index contributed by atoms with van der Waals surface area (Å²) in [5.41, 5.74) is 0. The highest BCUT2D eigenvalue weighted by Crippen LogP contribution is 2.33.